The molecule has 0 fully saturated rings. The fraction of sp³-hybridized carbons (Fsp3) is 0.294. The van der Waals surface area contributed by atoms with Gasteiger partial charge in [-0.3, -0.25) is 0 Å². The molecule has 0 saturated heterocycles. The highest BCUT2D eigenvalue weighted by Gasteiger charge is 2.18. The maximum absolute atomic E-state index is 6.08. The molecule has 1 N–H and O–H groups in total. The third-order valence-electron chi connectivity index (χ3n) is 3.91. The van der Waals surface area contributed by atoms with Crippen LogP contribution < -0.4 is 5.32 Å². The summed E-state index contributed by atoms with van der Waals surface area (Å²) in [5, 5.41) is 4.44. The highest BCUT2D eigenvalue weighted by atomic mass is 35.5. The Morgan fingerprint density at radius 1 is 1.11 bits per heavy atom. The van der Waals surface area contributed by atoms with Gasteiger partial charge in [-0.05, 0) is 55.0 Å². The summed E-state index contributed by atoms with van der Waals surface area (Å²) in [5.41, 5.74) is 5.40. The third-order valence-corrected chi connectivity index (χ3v) is 4.14. The van der Waals surface area contributed by atoms with E-state index < -0.39 is 0 Å². The van der Waals surface area contributed by atoms with E-state index >= 15 is 0 Å². The molecule has 0 bridgehead atoms. The summed E-state index contributed by atoms with van der Waals surface area (Å²) >= 11 is 6.08. The Hall–Kier alpha value is -1.47. The van der Waals surface area contributed by atoms with Gasteiger partial charge in [0.1, 0.15) is 0 Å². The lowest BCUT2D eigenvalue weighted by Crippen LogP contribution is -2.27. The molecular formula is C17H18ClN. The second-order valence-corrected chi connectivity index (χ2v) is 5.75. The minimum Gasteiger partial charge on any atom is -0.382 e. The van der Waals surface area contributed by atoms with Gasteiger partial charge >= 0.3 is 0 Å². The number of hydrogen-bond acceptors (Lipinski definition) is 1. The molecule has 2 aromatic carbocycles. The Morgan fingerprint density at radius 3 is 2.74 bits per heavy atom. The molecule has 1 unspecified atom stereocenters. The Balaban J connectivity index is 1.77. The molecule has 0 saturated carbocycles. The number of nitrogens with one attached hydrogen (secondary N) is 1. The molecule has 98 valence electrons. The van der Waals surface area contributed by atoms with E-state index in [1.807, 2.05) is 12.1 Å². The van der Waals surface area contributed by atoms with Crippen molar-refractivity contribution in [1.29, 1.82) is 0 Å². The highest BCUT2D eigenvalue weighted by Crippen LogP contribution is 2.26. The average Bonchev–Trinajstić information content (AvgIpc) is 2.43. The first-order valence-corrected chi connectivity index (χ1v) is 7.19. The van der Waals surface area contributed by atoms with Gasteiger partial charge in [-0.15, -0.1) is 0 Å². The smallest absolute Gasteiger partial charge is 0.0426 e. The molecule has 2 heteroatoms. The molecule has 0 amide bonds. The first kappa shape index (κ1) is 12.6. The van der Waals surface area contributed by atoms with Gasteiger partial charge in [0.25, 0.3) is 0 Å². The number of benzene rings is 2. The molecule has 2 aromatic rings. The van der Waals surface area contributed by atoms with Crippen molar-refractivity contribution in [2.45, 2.75) is 32.2 Å². The quantitative estimate of drug-likeness (QED) is 0.841. The molecule has 0 radical (unpaired) electrons. The van der Waals surface area contributed by atoms with E-state index in [1.165, 1.54) is 23.1 Å². The van der Waals surface area contributed by atoms with Crippen LogP contribution in [0.5, 0.6) is 0 Å². The van der Waals surface area contributed by atoms with Gasteiger partial charge in [-0.25, -0.2) is 0 Å². The van der Waals surface area contributed by atoms with Crippen LogP contribution in [0.4, 0.5) is 5.69 Å². The third kappa shape index (κ3) is 2.76. The molecule has 0 aliphatic heterocycles. The summed E-state index contributed by atoms with van der Waals surface area (Å²) in [5.74, 6) is 0. The molecule has 1 nitrogen and oxygen atoms in total. The van der Waals surface area contributed by atoms with Crippen molar-refractivity contribution >= 4 is 17.3 Å². The molecule has 1 atom stereocenters. The summed E-state index contributed by atoms with van der Waals surface area (Å²) in [6, 6.07) is 15.3. The number of anilines is 1. The largest absolute Gasteiger partial charge is 0.382 e. The molecule has 1 aliphatic rings. The second kappa shape index (κ2) is 5.26. The van der Waals surface area contributed by atoms with Crippen molar-refractivity contribution < 1.29 is 0 Å². The zero-order valence-corrected chi connectivity index (χ0v) is 11.9. The molecule has 3 rings (SSSR count). The Labute approximate surface area is 119 Å². The number of halogens is 1. The zero-order valence-electron chi connectivity index (χ0n) is 11.1. The second-order valence-electron chi connectivity index (χ2n) is 5.31. The van der Waals surface area contributed by atoms with Gasteiger partial charge in [0.2, 0.25) is 0 Å². The van der Waals surface area contributed by atoms with E-state index in [-0.39, 0.29) is 0 Å². The van der Waals surface area contributed by atoms with E-state index in [9.17, 15) is 0 Å². The molecule has 1 aliphatic carbocycles. The summed E-state index contributed by atoms with van der Waals surface area (Å²) in [6.45, 7) is 2.12. The maximum Gasteiger partial charge on any atom is 0.0426 e. The first-order valence-electron chi connectivity index (χ1n) is 6.82. The molecule has 0 heterocycles. The predicted molar refractivity (Wildman–Crippen MR) is 82.1 cm³/mol. The molecule has 0 spiro atoms. The van der Waals surface area contributed by atoms with Crippen LogP contribution in [-0.2, 0) is 12.8 Å². The lowest BCUT2D eigenvalue weighted by atomic mass is 9.88. The Morgan fingerprint density at radius 2 is 1.89 bits per heavy atom. The minimum atomic E-state index is 0.507. The van der Waals surface area contributed by atoms with Crippen LogP contribution >= 0.6 is 11.6 Å². The van der Waals surface area contributed by atoms with E-state index in [0.717, 1.165) is 23.6 Å². The molecule has 19 heavy (non-hydrogen) atoms. The number of rotatable bonds is 2. The molecule has 0 aromatic heterocycles. The van der Waals surface area contributed by atoms with Crippen molar-refractivity contribution in [2.75, 3.05) is 5.32 Å². The van der Waals surface area contributed by atoms with E-state index in [1.54, 1.807) is 0 Å². The van der Waals surface area contributed by atoms with Gasteiger partial charge < -0.3 is 5.32 Å². The SMILES string of the molecule is Cc1ccc(Cl)cc1NC1CCc2ccccc2C1. The van der Waals surface area contributed by atoms with Crippen molar-refractivity contribution in [1.82, 2.24) is 0 Å². The average molecular weight is 272 g/mol. The lowest BCUT2D eigenvalue weighted by molar-refractivity contribution is 0.610. The van der Waals surface area contributed by atoms with Crippen LogP contribution in [-0.4, -0.2) is 6.04 Å². The monoisotopic (exact) mass is 271 g/mol. The van der Waals surface area contributed by atoms with Gasteiger partial charge in [-0.1, -0.05) is 41.9 Å². The van der Waals surface area contributed by atoms with Crippen molar-refractivity contribution in [3.05, 3.63) is 64.2 Å². The standard InChI is InChI=1S/C17H18ClN/c1-12-6-8-15(18)11-17(12)19-16-9-7-13-4-2-3-5-14(13)10-16/h2-6,8,11,16,19H,7,9-10H2,1H3. The van der Waals surface area contributed by atoms with Crippen LogP contribution in [0.2, 0.25) is 5.02 Å². The van der Waals surface area contributed by atoms with Gasteiger partial charge in [0.05, 0.1) is 0 Å². The maximum atomic E-state index is 6.08. The normalized spacial score (nSPS) is 17.9. The zero-order chi connectivity index (χ0) is 13.2. The van der Waals surface area contributed by atoms with Crippen LogP contribution in [0.1, 0.15) is 23.1 Å². The minimum absolute atomic E-state index is 0.507. The highest BCUT2D eigenvalue weighted by molar-refractivity contribution is 6.30. The van der Waals surface area contributed by atoms with E-state index in [2.05, 4.69) is 42.6 Å². The topological polar surface area (TPSA) is 12.0 Å². The Bertz CT molecular complexity index is 592. The van der Waals surface area contributed by atoms with Crippen LogP contribution in [0.25, 0.3) is 0 Å². The van der Waals surface area contributed by atoms with E-state index in [0.29, 0.717) is 6.04 Å². The van der Waals surface area contributed by atoms with Gasteiger partial charge in [-0.2, -0.15) is 0 Å². The van der Waals surface area contributed by atoms with Crippen molar-refractivity contribution in [3.63, 3.8) is 0 Å². The lowest BCUT2D eigenvalue weighted by Gasteiger charge is -2.27. The summed E-state index contributed by atoms with van der Waals surface area (Å²) < 4.78 is 0. The van der Waals surface area contributed by atoms with Gasteiger partial charge in [0.15, 0.2) is 0 Å². The Kier molecular flexibility index (Phi) is 3.48. The fourth-order valence-electron chi connectivity index (χ4n) is 2.79. The summed E-state index contributed by atoms with van der Waals surface area (Å²) in [7, 11) is 0. The number of aryl methyl sites for hydroxylation is 2. The number of fused-ring (bicyclic) bond motifs is 1. The van der Waals surface area contributed by atoms with E-state index in [4.69, 9.17) is 11.6 Å². The summed E-state index contributed by atoms with van der Waals surface area (Å²) in [6.07, 6.45) is 3.44. The van der Waals surface area contributed by atoms with Crippen LogP contribution in [0, 0.1) is 6.92 Å². The summed E-state index contributed by atoms with van der Waals surface area (Å²) in [4.78, 5) is 0. The number of hydrogen-bond donors (Lipinski definition) is 1. The first-order chi connectivity index (χ1) is 9.22. The molecular weight excluding hydrogens is 254 g/mol. The predicted octanol–water partition coefficient (Wildman–Crippen LogP) is 4.62. The fourth-order valence-corrected chi connectivity index (χ4v) is 2.96. The van der Waals surface area contributed by atoms with Gasteiger partial charge in [0, 0.05) is 16.8 Å². The van der Waals surface area contributed by atoms with Crippen LogP contribution in [0.15, 0.2) is 42.5 Å². The van der Waals surface area contributed by atoms with Crippen molar-refractivity contribution in [3.8, 4) is 0 Å². The van der Waals surface area contributed by atoms with Crippen molar-refractivity contribution in [2.24, 2.45) is 0 Å². The van der Waals surface area contributed by atoms with Crippen LogP contribution in [0.3, 0.4) is 0 Å².